The summed E-state index contributed by atoms with van der Waals surface area (Å²) in [7, 11) is 1.80. The number of rotatable bonds is 2. The quantitative estimate of drug-likeness (QED) is 0.772. The Labute approximate surface area is 90.7 Å². The molecule has 0 saturated carbocycles. The van der Waals surface area contributed by atoms with Gasteiger partial charge in [0, 0.05) is 24.9 Å². The first kappa shape index (κ1) is 9.92. The minimum atomic E-state index is -0.209. The van der Waals surface area contributed by atoms with Gasteiger partial charge in [-0.3, -0.25) is 9.48 Å². The summed E-state index contributed by atoms with van der Waals surface area (Å²) < 4.78 is 1.65. The molecule has 2 aromatic rings. The minimum absolute atomic E-state index is 0.184. The third-order valence-corrected chi connectivity index (χ3v) is 2.17. The van der Waals surface area contributed by atoms with Crippen LogP contribution in [0.2, 0.25) is 0 Å². The van der Waals surface area contributed by atoms with E-state index in [1.807, 2.05) is 0 Å². The van der Waals surface area contributed by atoms with E-state index in [1.165, 1.54) is 6.07 Å². The number of halogens is 1. The summed E-state index contributed by atoms with van der Waals surface area (Å²) in [6.07, 6.45) is 3.44. The third kappa shape index (κ3) is 2.07. The Morgan fingerprint density at radius 1 is 1.60 bits per heavy atom. The molecule has 0 aromatic carbocycles. The maximum atomic E-state index is 11.3. The zero-order valence-electron chi connectivity index (χ0n) is 8.07. The molecule has 0 bridgehead atoms. The van der Waals surface area contributed by atoms with Crippen molar-refractivity contribution in [3.05, 3.63) is 34.6 Å². The SMILES string of the molecule is Cn1cc(-c2cc(=O)[nH]c(CCl)n2)cn1. The highest BCUT2D eigenvalue weighted by Gasteiger charge is 2.04. The number of hydrogen-bond acceptors (Lipinski definition) is 3. The molecule has 0 atom stereocenters. The first-order valence-electron chi connectivity index (χ1n) is 4.34. The van der Waals surface area contributed by atoms with E-state index in [4.69, 9.17) is 11.6 Å². The molecular formula is C9H9ClN4O. The Hall–Kier alpha value is -1.62. The molecule has 0 fully saturated rings. The van der Waals surface area contributed by atoms with Crippen molar-refractivity contribution in [3.8, 4) is 11.3 Å². The van der Waals surface area contributed by atoms with Gasteiger partial charge in [-0.15, -0.1) is 11.6 Å². The summed E-state index contributed by atoms with van der Waals surface area (Å²) in [6, 6.07) is 1.42. The van der Waals surface area contributed by atoms with Gasteiger partial charge in [-0.1, -0.05) is 0 Å². The molecule has 0 radical (unpaired) electrons. The van der Waals surface area contributed by atoms with Crippen molar-refractivity contribution in [2.45, 2.75) is 5.88 Å². The number of H-pyrrole nitrogens is 1. The van der Waals surface area contributed by atoms with E-state index in [1.54, 1.807) is 24.1 Å². The first-order chi connectivity index (χ1) is 7.19. The van der Waals surface area contributed by atoms with Crippen LogP contribution in [0.4, 0.5) is 0 Å². The van der Waals surface area contributed by atoms with Crippen LogP contribution in [0.15, 0.2) is 23.3 Å². The van der Waals surface area contributed by atoms with Crippen LogP contribution in [0.25, 0.3) is 11.3 Å². The van der Waals surface area contributed by atoms with E-state index in [2.05, 4.69) is 15.1 Å². The van der Waals surface area contributed by atoms with E-state index in [0.717, 1.165) is 5.56 Å². The molecule has 0 aliphatic heterocycles. The van der Waals surface area contributed by atoms with E-state index >= 15 is 0 Å². The van der Waals surface area contributed by atoms with Crippen LogP contribution in [0.5, 0.6) is 0 Å². The monoisotopic (exact) mass is 224 g/mol. The van der Waals surface area contributed by atoms with Gasteiger partial charge >= 0.3 is 0 Å². The van der Waals surface area contributed by atoms with Gasteiger partial charge in [-0.05, 0) is 0 Å². The van der Waals surface area contributed by atoms with Crippen molar-refractivity contribution in [1.29, 1.82) is 0 Å². The fourth-order valence-electron chi connectivity index (χ4n) is 1.27. The van der Waals surface area contributed by atoms with Gasteiger partial charge in [-0.2, -0.15) is 5.10 Å². The second kappa shape index (κ2) is 3.86. The summed E-state index contributed by atoms with van der Waals surface area (Å²) in [5.41, 5.74) is 1.18. The van der Waals surface area contributed by atoms with Crippen LogP contribution < -0.4 is 5.56 Å². The molecule has 0 amide bonds. The Balaban J connectivity index is 2.53. The fraction of sp³-hybridized carbons (Fsp3) is 0.222. The fourth-order valence-corrected chi connectivity index (χ4v) is 1.40. The lowest BCUT2D eigenvalue weighted by atomic mass is 10.2. The lowest BCUT2D eigenvalue weighted by Gasteiger charge is -1.98. The summed E-state index contributed by atoms with van der Waals surface area (Å²) in [4.78, 5) is 18.0. The van der Waals surface area contributed by atoms with Crippen LogP contribution in [0, 0.1) is 0 Å². The molecule has 2 aromatic heterocycles. The predicted octanol–water partition coefficient (Wildman–Crippen LogP) is 0.909. The lowest BCUT2D eigenvalue weighted by molar-refractivity contribution is 0.768. The van der Waals surface area contributed by atoms with Gasteiger partial charge in [0.1, 0.15) is 5.82 Å². The van der Waals surface area contributed by atoms with Gasteiger partial charge in [0.2, 0.25) is 0 Å². The van der Waals surface area contributed by atoms with Crippen LogP contribution in [0.1, 0.15) is 5.82 Å². The molecular weight excluding hydrogens is 216 g/mol. The summed E-state index contributed by atoms with van der Waals surface area (Å²) in [5.74, 6) is 0.645. The van der Waals surface area contributed by atoms with Crippen LogP contribution in [0.3, 0.4) is 0 Å². The van der Waals surface area contributed by atoms with Gasteiger partial charge in [0.05, 0.1) is 17.8 Å². The van der Waals surface area contributed by atoms with Crippen LogP contribution in [-0.4, -0.2) is 19.7 Å². The number of hydrogen-bond donors (Lipinski definition) is 1. The molecule has 0 saturated heterocycles. The van der Waals surface area contributed by atoms with E-state index < -0.39 is 0 Å². The van der Waals surface area contributed by atoms with Crippen molar-refractivity contribution in [2.75, 3.05) is 0 Å². The molecule has 2 heterocycles. The molecule has 78 valence electrons. The van der Waals surface area contributed by atoms with Gasteiger partial charge in [0.25, 0.3) is 5.56 Å². The van der Waals surface area contributed by atoms with Crippen molar-refractivity contribution < 1.29 is 0 Å². The second-order valence-corrected chi connectivity index (χ2v) is 3.38. The number of nitrogens with zero attached hydrogens (tertiary/aromatic N) is 3. The average Bonchev–Trinajstić information content (AvgIpc) is 2.64. The minimum Gasteiger partial charge on any atom is -0.310 e. The Kier molecular flexibility index (Phi) is 2.55. The largest absolute Gasteiger partial charge is 0.310 e. The number of aromatic amines is 1. The number of alkyl halides is 1. The predicted molar refractivity (Wildman–Crippen MR) is 56.6 cm³/mol. The molecule has 6 heteroatoms. The standard InChI is InChI=1S/C9H9ClN4O/c1-14-5-6(4-11-14)7-2-9(15)13-8(3-10)12-7/h2,4-5H,3H2,1H3,(H,12,13,15). The van der Waals surface area contributed by atoms with Crippen molar-refractivity contribution in [1.82, 2.24) is 19.7 Å². The molecule has 0 aliphatic rings. The smallest absolute Gasteiger partial charge is 0.251 e. The maximum Gasteiger partial charge on any atom is 0.251 e. The van der Waals surface area contributed by atoms with Gasteiger partial charge in [0.15, 0.2) is 0 Å². The van der Waals surface area contributed by atoms with E-state index in [0.29, 0.717) is 11.5 Å². The van der Waals surface area contributed by atoms with Crippen molar-refractivity contribution in [2.24, 2.45) is 7.05 Å². The van der Waals surface area contributed by atoms with E-state index in [-0.39, 0.29) is 11.4 Å². The van der Waals surface area contributed by atoms with Gasteiger partial charge < -0.3 is 4.98 Å². The first-order valence-corrected chi connectivity index (χ1v) is 4.87. The Morgan fingerprint density at radius 3 is 3.00 bits per heavy atom. The van der Waals surface area contributed by atoms with Crippen molar-refractivity contribution >= 4 is 11.6 Å². The third-order valence-electron chi connectivity index (χ3n) is 1.92. The summed E-state index contributed by atoms with van der Waals surface area (Å²) in [5, 5.41) is 4.01. The molecule has 0 spiro atoms. The van der Waals surface area contributed by atoms with Crippen LogP contribution >= 0.6 is 11.6 Å². The molecule has 5 nitrogen and oxygen atoms in total. The number of aromatic nitrogens is 4. The molecule has 0 aliphatic carbocycles. The van der Waals surface area contributed by atoms with Crippen LogP contribution in [-0.2, 0) is 12.9 Å². The molecule has 15 heavy (non-hydrogen) atoms. The molecule has 2 rings (SSSR count). The zero-order chi connectivity index (χ0) is 10.8. The highest BCUT2D eigenvalue weighted by Crippen LogP contribution is 2.13. The normalized spacial score (nSPS) is 10.5. The topological polar surface area (TPSA) is 63.6 Å². The Bertz CT molecular complexity index is 531. The lowest BCUT2D eigenvalue weighted by Crippen LogP contribution is -2.09. The maximum absolute atomic E-state index is 11.3. The van der Waals surface area contributed by atoms with Crippen molar-refractivity contribution in [3.63, 3.8) is 0 Å². The average molecular weight is 225 g/mol. The second-order valence-electron chi connectivity index (χ2n) is 3.11. The highest BCUT2D eigenvalue weighted by molar-refractivity contribution is 6.16. The van der Waals surface area contributed by atoms with E-state index in [9.17, 15) is 4.79 Å². The molecule has 0 unspecified atom stereocenters. The summed E-state index contributed by atoms with van der Waals surface area (Å²) in [6.45, 7) is 0. The zero-order valence-corrected chi connectivity index (χ0v) is 8.82. The summed E-state index contributed by atoms with van der Waals surface area (Å²) >= 11 is 5.61. The number of aryl methyl sites for hydroxylation is 1. The Morgan fingerprint density at radius 2 is 2.40 bits per heavy atom. The molecule has 1 N–H and O–H groups in total. The number of nitrogens with one attached hydrogen (secondary N) is 1. The van der Waals surface area contributed by atoms with Gasteiger partial charge in [-0.25, -0.2) is 4.98 Å². The highest BCUT2D eigenvalue weighted by atomic mass is 35.5.